The normalized spacial score (nSPS) is 11.1. The highest BCUT2D eigenvalue weighted by Gasteiger charge is 2.17. The summed E-state index contributed by atoms with van der Waals surface area (Å²) in [6, 6.07) is 88.9. The molecule has 0 saturated heterocycles. The molecule has 0 atom stereocenters. The minimum atomic E-state index is 0.927. The van der Waals surface area contributed by atoms with E-state index in [1.54, 1.807) is 0 Å². The van der Waals surface area contributed by atoms with Crippen molar-refractivity contribution in [2.75, 3.05) is 0 Å². The average Bonchev–Trinajstić information content (AvgIpc) is 3.91. The molecule has 9 aromatic carbocycles. The van der Waals surface area contributed by atoms with Gasteiger partial charge in [-0.05, 0) is 114 Å². The monoisotopic (exact) mass is 920 g/mol. The molecule has 4 heteroatoms. The number of rotatable bonds is 11. The summed E-state index contributed by atoms with van der Waals surface area (Å²) < 4.78 is 2.05. The van der Waals surface area contributed by atoms with Crippen LogP contribution in [0.4, 0.5) is 0 Å². The van der Waals surface area contributed by atoms with Crippen molar-refractivity contribution in [2.24, 2.45) is 7.05 Å². The maximum absolute atomic E-state index is 5.11. The van der Waals surface area contributed by atoms with Gasteiger partial charge in [-0.3, -0.25) is 9.97 Å². The van der Waals surface area contributed by atoms with Crippen LogP contribution in [0.25, 0.3) is 123 Å². The second-order valence-electron chi connectivity index (χ2n) is 18.1. The van der Waals surface area contributed by atoms with E-state index in [-0.39, 0.29) is 0 Å². The summed E-state index contributed by atoms with van der Waals surface area (Å²) in [6.45, 7) is 0. The molecule has 0 aliphatic heterocycles. The largest absolute Gasteiger partial charge is 0.334 e. The summed E-state index contributed by atoms with van der Waals surface area (Å²) in [5, 5.41) is 0. The van der Waals surface area contributed by atoms with Crippen LogP contribution in [0, 0.1) is 0 Å². The zero-order valence-electron chi connectivity index (χ0n) is 39.8. The molecule has 0 aliphatic rings. The molecule has 0 N–H and O–H groups in total. The molecule has 3 heterocycles. The highest BCUT2D eigenvalue weighted by molar-refractivity contribution is 5.94. The Kier molecular flexibility index (Phi) is 11.8. The summed E-state index contributed by atoms with van der Waals surface area (Å²) in [7, 11) is 2.03. The van der Waals surface area contributed by atoms with Gasteiger partial charge in [0.2, 0.25) is 0 Å². The summed E-state index contributed by atoms with van der Waals surface area (Å²) >= 11 is 0. The molecule has 0 bridgehead atoms. The Bertz CT molecular complexity index is 3820. The topological polar surface area (TPSA) is 43.6 Å². The van der Waals surface area contributed by atoms with Gasteiger partial charge in [0, 0.05) is 59.7 Å². The predicted molar refractivity (Wildman–Crippen MR) is 299 cm³/mol. The van der Waals surface area contributed by atoms with Gasteiger partial charge in [0.25, 0.3) is 0 Å². The first-order valence-corrected chi connectivity index (χ1v) is 24.4. The predicted octanol–water partition coefficient (Wildman–Crippen LogP) is 17.5. The lowest BCUT2D eigenvalue weighted by atomic mass is 9.86. The van der Waals surface area contributed by atoms with Crippen molar-refractivity contribution in [3.63, 3.8) is 0 Å². The molecule has 3 aromatic heterocycles. The van der Waals surface area contributed by atoms with Crippen molar-refractivity contribution in [1.82, 2.24) is 19.5 Å². The molecule has 0 radical (unpaired) electrons. The maximum Gasteiger partial charge on any atom is 0.139 e. The van der Waals surface area contributed by atoms with Gasteiger partial charge in [-0.15, -0.1) is 0 Å². The standard InChI is InChI=1S/C68H48N4/c1-72-40-39-69-68(72)52-33-31-50(32-34-52)60-21-8-11-24-63(60)57-42-58(64-25-12-9-22-61(64)55-35-37-66(70-45-55)51-17-6-3-7-18-51)44-59(43-57)65-26-13-10-23-62(65)56-36-38-67(71-46-56)54-20-14-19-53(41-54)49-29-27-48(28-30-49)47-15-4-2-5-16-47/h2-46H,1H3. The Balaban J connectivity index is 0.935. The third-order valence-electron chi connectivity index (χ3n) is 13.6. The molecule has 12 rings (SSSR count). The fourth-order valence-corrected chi connectivity index (χ4v) is 9.90. The molecule has 72 heavy (non-hydrogen) atoms. The molecule has 340 valence electrons. The van der Waals surface area contributed by atoms with Crippen LogP contribution in [0.5, 0.6) is 0 Å². The molecule has 0 aliphatic carbocycles. The highest BCUT2D eigenvalue weighted by Crippen LogP contribution is 2.43. The van der Waals surface area contributed by atoms with E-state index in [1.165, 1.54) is 16.7 Å². The first-order chi connectivity index (χ1) is 35.6. The summed E-state index contributed by atoms with van der Waals surface area (Å²) in [4.78, 5) is 14.7. The van der Waals surface area contributed by atoms with Gasteiger partial charge in [-0.1, -0.05) is 212 Å². The lowest BCUT2D eigenvalue weighted by Gasteiger charge is -2.18. The maximum atomic E-state index is 5.11. The Morgan fingerprint density at radius 1 is 0.250 bits per heavy atom. The number of benzene rings is 9. The van der Waals surface area contributed by atoms with Gasteiger partial charge >= 0.3 is 0 Å². The Morgan fingerprint density at radius 3 is 1.07 bits per heavy atom. The van der Waals surface area contributed by atoms with Crippen molar-refractivity contribution < 1.29 is 0 Å². The second kappa shape index (κ2) is 19.5. The summed E-state index contributed by atoms with van der Waals surface area (Å²) in [6.07, 6.45) is 7.84. The number of hydrogen-bond donors (Lipinski definition) is 0. The van der Waals surface area contributed by atoms with Gasteiger partial charge in [0.05, 0.1) is 11.4 Å². The van der Waals surface area contributed by atoms with Gasteiger partial charge in [-0.25, -0.2) is 4.98 Å². The smallest absolute Gasteiger partial charge is 0.139 e. The van der Waals surface area contributed by atoms with Crippen LogP contribution < -0.4 is 0 Å². The third-order valence-corrected chi connectivity index (χ3v) is 13.6. The Hall–Kier alpha value is -9.51. The quantitative estimate of drug-likeness (QED) is 0.130. The third kappa shape index (κ3) is 8.85. The van der Waals surface area contributed by atoms with E-state index in [9.17, 15) is 0 Å². The van der Waals surface area contributed by atoms with Crippen LogP contribution in [0.15, 0.2) is 274 Å². The van der Waals surface area contributed by atoms with Crippen LogP contribution in [0.3, 0.4) is 0 Å². The lowest BCUT2D eigenvalue weighted by Crippen LogP contribution is -1.93. The zero-order chi connectivity index (χ0) is 48.2. The average molecular weight is 921 g/mol. The number of pyridine rings is 2. The van der Waals surface area contributed by atoms with Crippen molar-refractivity contribution in [1.29, 1.82) is 0 Å². The van der Waals surface area contributed by atoms with Gasteiger partial charge < -0.3 is 4.57 Å². The Morgan fingerprint density at radius 2 is 0.597 bits per heavy atom. The lowest BCUT2D eigenvalue weighted by molar-refractivity contribution is 0.925. The van der Waals surface area contributed by atoms with Crippen LogP contribution in [-0.4, -0.2) is 19.5 Å². The fraction of sp³-hybridized carbons (Fsp3) is 0.0147. The van der Waals surface area contributed by atoms with E-state index >= 15 is 0 Å². The summed E-state index contributed by atoms with van der Waals surface area (Å²) in [5.74, 6) is 0.939. The molecule has 0 saturated carbocycles. The Labute approximate surface area is 421 Å². The van der Waals surface area contributed by atoms with Gasteiger partial charge in [0.15, 0.2) is 0 Å². The minimum absolute atomic E-state index is 0.927. The van der Waals surface area contributed by atoms with E-state index < -0.39 is 0 Å². The second-order valence-corrected chi connectivity index (χ2v) is 18.1. The number of aromatic nitrogens is 4. The van der Waals surface area contributed by atoms with Crippen LogP contribution in [0.1, 0.15) is 0 Å². The molecule has 0 unspecified atom stereocenters. The van der Waals surface area contributed by atoms with E-state index in [2.05, 4.69) is 252 Å². The number of hydrogen-bond acceptors (Lipinski definition) is 3. The number of aryl methyl sites for hydroxylation is 1. The molecule has 4 nitrogen and oxygen atoms in total. The van der Waals surface area contributed by atoms with Crippen LogP contribution in [0.2, 0.25) is 0 Å². The van der Waals surface area contributed by atoms with Crippen molar-refractivity contribution in [2.45, 2.75) is 0 Å². The van der Waals surface area contributed by atoms with E-state index in [1.807, 2.05) is 37.9 Å². The molecule has 0 amide bonds. The van der Waals surface area contributed by atoms with Crippen molar-refractivity contribution >= 4 is 0 Å². The van der Waals surface area contributed by atoms with E-state index in [0.29, 0.717) is 0 Å². The van der Waals surface area contributed by atoms with E-state index in [4.69, 9.17) is 9.97 Å². The summed E-state index contributed by atoms with van der Waals surface area (Å²) in [5.41, 5.74) is 23.2. The van der Waals surface area contributed by atoms with Crippen LogP contribution in [-0.2, 0) is 7.05 Å². The molecular formula is C68H48N4. The van der Waals surface area contributed by atoms with Crippen molar-refractivity contribution in [3.8, 4) is 123 Å². The van der Waals surface area contributed by atoms with E-state index in [0.717, 1.165) is 106 Å². The molecular weight excluding hydrogens is 873 g/mol. The molecule has 0 spiro atoms. The number of imidazole rings is 1. The van der Waals surface area contributed by atoms with Gasteiger partial charge in [-0.2, -0.15) is 0 Å². The minimum Gasteiger partial charge on any atom is -0.334 e. The highest BCUT2D eigenvalue weighted by atomic mass is 15.0. The number of nitrogens with zero attached hydrogens (tertiary/aromatic N) is 4. The molecule has 0 fully saturated rings. The first kappa shape index (κ1) is 43.7. The van der Waals surface area contributed by atoms with Gasteiger partial charge in [0.1, 0.15) is 5.82 Å². The van der Waals surface area contributed by atoms with Crippen LogP contribution >= 0.6 is 0 Å². The molecule has 12 aromatic rings. The van der Waals surface area contributed by atoms with Crippen molar-refractivity contribution in [3.05, 3.63) is 274 Å². The fourth-order valence-electron chi connectivity index (χ4n) is 9.90. The zero-order valence-corrected chi connectivity index (χ0v) is 39.8. The first-order valence-electron chi connectivity index (χ1n) is 24.4. The SMILES string of the molecule is Cn1ccnc1-c1ccc(-c2ccccc2-c2cc(-c3ccccc3-c3ccc(-c4ccccc4)nc3)cc(-c3ccccc3-c3ccc(-c4cccc(-c5ccc(-c6ccccc6)cc5)c4)nc3)c2)cc1.